The van der Waals surface area contributed by atoms with Crippen LogP contribution in [0.2, 0.25) is 0 Å². The quantitative estimate of drug-likeness (QED) is 0.702. The Morgan fingerprint density at radius 2 is 1.74 bits per heavy atom. The average molecular weight is 250 g/mol. The second kappa shape index (κ2) is 4.94. The normalized spacial score (nSPS) is 10.5. The van der Waals surface area contributed by atoms with Crippen molar-refractivity contribution in [1.82, 2.24) is 9.97 Å². The average Bonchev–Trinajstić information content (AvgIpc) is 2.46. The van der Waals surface area contributed by atoms with Crippen LogP contribution in [0.3, 0.4) is 0 Å². The third-order valence-electron chi connectivity index (χ3n) is 3.01. The van der Waals surface area contributed by atoms with Gasteiger partial charge in [-0.05, 0) is 29.8 Å². The predicted octanol–water partition coefficient (Wildman–Crippen LogP) is 2.82. The van der Waals surface area contributed by atoms with E-state index < -0.39 is 0 Å². The smallest absolute Gasteiger partial charge is 0.0907 e. The van der Waals surface area contributed by atoms with E-state index in [1.54, 1.807) is 12.4 Å². The van der Waals surface area contributed by atoms with Gasteiger partial charge in [-0.15, -0.1) is 0 Å². The van der Waals surface area contributed by atoms with E-state index in [2.05, 4.69) is 15.3 Å². The van der Waals surface area contributed by atoms with E-state index in [0.717, 1.165) is 28.0 Å². The van der Waals surface area contributed by atoms with Crippen LogP contribution in [0.25, 0.3) is 11.0 Å². The predicted molar refractivity (Wildman–Crippen MR) is 77.7 cm³/mol. The van der Waals surface area contributed by atoms with E-state index in [-0.39, 0.29) is 0 Å². The number of nitrogens with one attached hydrogen (secondary N) is 1. The third kappa shape index (κ3) is 2.47. The molecule has 1 aromatic heterocycles. The van der Waals surface area contributed by atoms with Crippen molar-refractivity contribution >= 4 is 22.4 Å². The number of nitrogens with zero attached hydrogens (tertiary/aromatic N) is 2. The topological polar surface area (TPSA) is 63.8 Å². The monoisotopic (exact) mass is 250 g/mol. The molecule has 0 saturated carbocycles. The zero-order chi connectivity index (χ0) is 13.1. The van der Waals surface area contributed by atoms with E-state index in [1.165, 1.54) is 0 Å². The molecule has 4 nitrogen and oxygen atoms in total. The summed E-state index contributed by atoms with van der Waals surface area (Å²) >= 11 is 0. The Kier molecular flexibility index (Phi) is 2.98. The van der Waals surface area contributed by atoms with Crippen molar-refractivity contribution in [1.29, 1.82) is 0 Å². The maximum absolute atomic E-state index is 5.91. The molecule has 0 spiro atoms. The van der Waals surface area contributed by atoms with E-state index in [9.17, 15) is 0 Å². The molecule has 1 heterocycles. The SMILES string of the molecule is Nc1ccccc1CNc1ccc2nccnc2c1. The summed E-state index contributed by atoms with van der Waals surface area (Å²) in [5.74, 6) is 0. The Bertz CT molecular complexity index is 709. The van der Waals surface area contributed by atoms with Crippen molar-refractivity contribution in [2.24, 2.45) is 0 Å². The minimum atomic E-state index is 0.693. The molecule has 0 radical (unpaired) electrons. The highest BCUT2D eigenvalue weighted by molar-refractivity contribution is 5.78. The highest BCUT2D eigenvalue weighted by atomic mass is 14.9. The number of benzene rings is 2. The molecule has 0 bridgehead atoms. The zero-order valence-corrected chi connectivity index (χ0v) is 10.4. The van der Waals surface area contributed by atoms with Crippen LogP contribution in [0.4, 0.5) is 11.4 Å². The highest BCUT2D eigenvalue weighted by Crippen LogP contribution is 2.17. The van der Waals surface area contributed by atoms with Gasteiger partial charge in [0.25, 0.3) is 0 Å². The molecule has 19 heavy (non-hydrogen) atoms. The molecule has 0 fully saturated rings. The summed E-state index contributed by atoms with van der Waals surface area (Å²) in [6.45, 7) is 0.693. The Labute approximate surface area is 111 Å². The molecule has 3 aromatic rings. The fraction of sp³-hybridized carbons (Fsp3) is 0.0667. The van der Waals surface area contributed by atoms with Crippen LogP contribution in [-0.2, 0) is 6.54 Å². The molecule has 0 saturated heterocycles. The van der Waals surface area contributed by atoms with Gasteiger partial charge >= 0.3 is 0 Å². The van der Waals surface area contributed by atoms with Crippen molar-refractivity contribution in [2.75, 3.05) is 11.1 Å². The molecular weight excluding hydrogens is 236 g/mol. The zero-order valence-electron chi connectivity index (χ0n) is 10.4. The molecule has 0 unspecified atom stereocenters. The van der Waals surface area contributed by atoms with Crippen molar-refractivity contribution < 1.29 is 0 Å². The Morgan fingerprint density at radius 3 is 2.58 bits per heavy atom. The Hall–Kier alpha value is -2.62. The van der Waals surface area contributed by atoms with Gasteiger partial charge in [0.2, 0.25) is 0 Å². The first kappa shape index (κ1) is 11.5. The van der Waals surface area contributed by atoms with Gasteiger partial charge in [0.15, 0.2) is 0 Å². The first-order valence-corrected chi connectivity index (χ1v) is 6.11. The number of fused-ring (bicyclic) bond motifs is 1. The summed E-state index contributed by atoms with van der Waals surface area (Å²) in [7, 11) is 0. The lowest BCUT2D eigenvalue weighted by Gasteiger charge is -2.09. The van der Waals surface area contributed by atoms with Crippen LogP contribution >= 0.6 is 0 Å². The first-order valence-electron chi connectivity index (χ1n) is 6.11. The fourth-order valence-electron chi connectivity index (χ4n) is 1.97. The van der Waals surface area contributed by atoms with Crippen LogP contribution in [0, 0.1) is 0 Å². The van der Waals surface area contributed by atoms with E-state index in [4.69, 9.17) is 5.73 Å². The number of hydrogen-bond donors (Lipinski definition) is 2. The lowest BCUT2D eigenvalue weighted by Crippen LogP contribution is -2.02. The minimum absolute atomic E-state index is 0.693. The van der Waals surface area contributed by atoms with Crippen LogP contribution in [0.15, 0.2) is 54.9 Å². The van der Waals surface area contributed by atoms with Gasteiger partial charge in [0, 0.05) is 30.3 Å². The maximum Gasteiger partial charge on any atom is 0.0907 e. The number of nitrogens with two attached hydrogens (primary N) is 1. The van der Waals surface area contributed by atoms with Crippen molar-refractivity contribution in [2.45, 2.75) is 6.54 Å². The summed E-state index contributed by atoms with van der Waals surface area (Å²) in [4.78, 5) is 8.53. The van der Waals surface area contributed by atoms with Gasteiger partial charge in [-0.2, -0.15) is 0 Å². The lowest BCUT2D eigenvalue weighted by molar-refractivity contribution is 1.15. The molecule has 0 amide bonds. The van der Waals surface area contributed by atoms with E-state index in [0.29, 0.717) is 6.54 Å². The molecule has 0 aliphatic carbocycles. The largest absolute Gasteiger partial charge is 0.398 e. The van der Waals surface area contributed by atoms with Gasteiger partial charge in [-0.1, -0.05) is 18.2 Å². The molecule has 3 rings (SSSR count). The molecule has 4 heteroatoms. The van der Waals surface area contributed by atoms with Gasteiger partial charge in [0.1, 0.15) is 0 Å². The highest BCUT2D eigenvalue weighted by Gasteiger charge is 2.00. The fourth-order valence-corrected chi connectivity index (χ4v) is 1.97. The van der Waals surface area contributed by atoms with Gasteiger partial charge in [-0.25, -0.2) is 0 Å². The molecule has 2 aromatic carbocycles. The van der Waals surface area contributed by atoms with Crippen LogP contribution in [0.5, 0.6) is 0 Å². The molecule has 0 aliphatic rings. The summed E-state index contributed by atoms with van der Waals surface area (Å²) in [5.41, 5.74) is 10.6. The number of hydrogen-bond acceptors (Lipinski definition) is 4. The maximum atomic E-state index is 5.91. The summed E-state index contributed by atoms with van der Waals surface area (Å²) in [6.07, 6.45) is 3.39. The van der Waals surface area contributed by atoms with Crippen molar-refractivity contribution in [3.8, 4) is 0 Å². The molecule has 94 valence electrons. The molecular formula is C15H14N4. The van der Waals surface area contributed by atoms with Gasteiger partial charge in [0.05, 0.1) is 11.0 Å². The number of nitrogen functional groups attached to an aromatic ring is 1. The van der Waals surface area contributed by atoms with Gasteiger partial charge < -0.3 is 11.1 Å². The standard InChI is InChI=1S/C15H14N4/c16-13-4-2-1-3-11(13)10-19-12-5-6-14-15(9-12)18-8-7-17-14/h1-9,19H,10,16H2. The Balaban J connectivity index is 1.80. The summed E-state index contributed by atoms with van der Waals surface area (Å²) in [5, 5.41) is 3.35. The second-order valence-corrected chi connectivity index (χ2v) is 4.31. The third-order valence-corrected chi connectivity index (χ3v) is 3.01. The Morgan fingerprint density at radius 1 is 0.947 bits per heavy atom. The van der Waals surface area contributed by atoms with Crippen LogP contribution < -0.4 is 11.1 Å². The van der Waals surface area contributed by atoms with Crippen molar-refractivity contribution in [3.63, 3.8) is 0 Å². The van der Waals surface area contributed by atoms with Crippen LogP contribution in [0.1, 0.15) is 5.56 Å². The van der Waals surface area contributed by atoms with E-state index >= 15 is 0 Å². The number of aromatic nitrogens is 2. The van der Waals surface area contributed by atoms with Crippen molar-refractivity contribution in [3.05, 3.63) is 60.4 Å². The number of para-hydroxylation sites is 1. The van der Waals surface area contributed by atoms with Gasteiger partial charge in [-0.3, -0.25) is 9.97 Å². The molecule has 3 N–H and O–H groups in total. The minimum Gasteiger partial charge on any atom is -0.398 e. The second-order valence-electron chi connectivity index (χ2n) is 4.31. The molecule has 0 aliphatic heterocycles. The number of rotatable bonds is 3. The van der Waals surface area contributed by atoms with Crippen LogP contribution in [-0.4, -0.2) is 9.97 Å². The summed E-state index contributed by atoms with van der Waals surface area (Å²) in [6, 6.07) is 13.8. The first-order chi connectivity index (χ1) is 9.33. The number of anilines is 2. The lowest BCUT2D eigenvalue weighted by atomic mass is 10.2. The van der Waals surface area contributed by atoms with E-state index in [1.807, 2.05) is 42.5 Å². The molecule has 0 atom stereocenters. The summed E-state index contributed by atoms with van der Waals surface area (Å²) < 4.78 is 0.